The first-order valence-corrected chi connectivity index (χ1v) is 10.8. The van der Waals surface area contributed by atoms with E-state index in [1.54, 1.807) is 30.2 Å². The van der Waals surface area contributed by atoms with Gasteiger partial charge in [0.2, 0.25) is 11.8 Å². The van der Waals surface area contributed by atoms with Crippen molar-refractivity contribution in [3.05, 3.63) is 59.9 Å². The summed E-state index contributed by atoms with van der Waals surface area (Å²) in [6.45, 7) is 3.08. The second-order valence-corrected chi connectivity index (χ2v) is 8.01. The number of piperazine rings is 1. The van der Waals surface area contributed by atoms with Crippen molar-refractivity contribution >= 4 is 17.5 Å². The van der Waals surface area contributed by atoms with Crippen molar-refractivity contribution in [2.24, 2.45) is 0 Å². The fourth-order valence-electron chi connectivity index (χ4n) is 4.40. The minimum atomic E-state index is -0.372. The molecule has 7 heteroatoms. The maximum Gasteiger partial charge on any atom is 0.244 e. The van der Waals surface area contributed by atoms with Gasteiger partial charge in [-0.25, -0.2) is 4.39 Å². The molecule has 1 atom stereocenters. The van der Waals surface area contributed by atoms with Crippen molar-refractivity contribution in [1.82, 2.24) is 9.80 Å². The van der Waals surface area contributed by atoms with E-state index in [4.69, 9.17) is 4.74 Å². The maximum absolute atomic E-state index is 14.1. The van der Waals surface area contributed by atoms with E-state index in [1.165, 1.54) is 6.07 Å². The van der Waals surface area contributed by atoms with Crippen LogP contribution in [0.3, 0.4) is 0 Å². The predicted molar refractivity (Wildman–Crippen MR) is 117 cm³/mol. The number of halogens is 1. The van der Waals surface area contributed by atoms with Crippen LogP contribution in [-0.2, 0) is 16.0 Å². The van der Waals surface area contributed by atoms with Crippen molar-refractivity contribution in [1.29, 1.82) is 0 Å². The fourth-order valence-corrected chi connectivity index (χ4v) is 4.40. The van der Waals surface area contributed by atoms with Crippen LogP contribution in [-0.4, -0.2) is 67.5 Å². The van der Waals surface area contributed by atoms with E-state index in [9.17, 15) is 14.0 Å². The van der Waals surface area contributed by atoms with Crippen molar-refractivity contribution in [2.45, 2.75) is 25.3 Å². The van der Waals surface area contributed by atoms with E-state index in [2.05, 4.69) is 4.90 Å². The highest BCUT2D eigenvalue weighted by Crippen LogP contribution is 2.27. The molecule has 31 heavy (non-hydrogen) atoms. The van der Waals surface area contributed by atoms with Crippen LogP contribution in [0.2, 0.25) is 0 Å². The van der Waals surface area contributed by atoms with Gasteiger partial charge in [0.1, 0.15) is 11.6 Å². The van der Waals surface area contributed by atoms with Gasteiger partial charge in [0.15, 0.2) is 0 Å². The molecule has 0 saturated carbocycles. The first kappa shape index (κ1) is 21.3. The van der Waals surface area contributed by atoms with Gasteiger partial charge < -0.3 is 14.5 Å². The average molecular weight is 426 g/mol. The molecule has 4 rings (SSSR count). The highest BCUT2D eigenvalue weighted by molar-refractivity contribution is 5.99. The molecule has 2 aliphatic heterocycles. The summed E-state index contributed by atoms with van der Waals surface area (Å²) in [6, 6.07) is 13.9. The predicted octanol–water partition coefficient (Wildman–Crippen LogP) is 2.72. The Labute approximate surface area is 182 Å². The summed E-state index contributed by atoms with van der Waals surface area (Å²) in [5.41, 5.74) is 1.46. The molecule has 2 amide bonds. The van der Waals surface area contributed by atoms with E-state index in [1.807, 2.05) is 29.2 Å². The van der Waals surface area contributed by atoms with Crippen LogP contribution in [0.4, 0.5) is 10.1 Å². The van der Waals surface area contributed by atoms with E-state index in [0.717, 1.165) is 11.3 Å². The number of aryl methyl sites for hydroxylation is 1. The molecule has 0 bridgehead atoms. The van der Waals surface area contributed by atoms with Crippen molar-refractivity contribution in [3.63, 3.8) is 0 Å². The zero-order chi connectivity index (χ0) is 21.8. The quantitative estimate of drug-likeness (QED) is 0.714. The number of methoxy groups -OCH3 is 1. The van der Waals surface area contributed by atoms with E-state index in [-0.39, 0.29) is 23.7 Å². The fraction of sp³-hybridized carbons (Fsp3) is 0.417. The Morgan fingerprint density at radius 1 is 1.03 bits per heavy atom. The van der Waals surface area contributed by atoms with Crippen LogP contribution < -0.4 is 9.64 Å². The lowest BCUT2D eigenvalue weighted by Gasteiger charge is -2.37. The number of ether oxygens (including phenoxy) is 1. The molecule has 0 radical (unpaired) electrons. The van der Waals surface area contributed by atoms with Gasteiger partial charge in [-0.2, -0.15) is 0 Å². The zero-order valence-corrected chi connectivity index (χ0v) is 17.8. The van der Waals surface area contributed by atoms with E-state index >= 15 is 0 Å². The number of hydrogen-bond acceptors (Lipinski definition) is 4. The van der Waals surface area contributed by atoms with Crippen LogP contribution in [0.25, 0.3) is 0 Å². The first-order chi connectivity index (χ1) is 15.1. The summed E-state index contributed by atoms with van der Waals surface area (Å²) >= 11 is 0. The molecule has 2 fully saturated rings. The largest absolute Gasteiger partial charge is 0.497 e. The van der Waals surface area contributed by atoms with Gasteiger partial charge in [0, 0.05) is 39.1 Å². The normalized spacial score (nSPS) is 19.7. The summed E-state index contributed by atoms with van der Waals surface area (Å²) in [5, 5.41) is 0. The summed E-state index contributed by atoms with van der Waals surface area (Å²) in [6.07, 6.45) is 1.84. The lowest BCUT2D eigenvalue weighted by Crippen LogP contribution is -2.53. The smallest absolute Gasteiger partial charge is 0.244 e. The standard InChI is InChI=1S/C24H28FN3O3/c1-31-19-9-6-18(7-10-19)8-11-23(29)27-16-14-26(15-17-27)22-12-13-28(24(22)30)21-5-3-2-4-20(21)25/h2-7,9-10,22H,8,11-17H2,1H3. The van der Waals surface area contributed by atoms with Crippen LogP contribution >= 0.6 is 0 Å². The molecule has 164 valence electrons. The number of hydrogen-bond donors (Lipinski definition) is 0. The minimum Gasteiger partial charge on any atom is -0.497 e. The number of benzene rings is 2. The molecule has 0 N–H and O–H groups in total. The third-order valence-corrected chi connectivity index (χ3v) is 6.21. The molecule has 2 heterocycles. The molecule has 2 aromatic rings. The number of anilines is 1. The number of carbonyl (C=O) groups excluding carboxylic acids is 2. The van der Waals surface area contributed by atoms with Gasteiger partial charge in [-0.1, -0.05) is 24.3 Å². The molecule has 6 nitrogen and oxygen atoms in total. The van der Waals surface area contributed by atoms with E-state index in [0.29, 0.717) is 57.7 Å². The zero-order valence-electron chi connectivity index (χ0n) is 17.8. The summed E-state index contributed by atoms with van der Waals surface area (Å²) < 4.78 is 19.3. The Morgan fingerprint density at radius 2 is 1.74 bits per heavy atom. The summed E-state index contributed by atoms with van der Waals surface area (Å²) in [5.74, 6) is 0.524. The summed E-state index contributed by atoms with van der Waals surface area (Å²) in [4.78, 5) is 31.1. The molecule has 2 saturated heterocycles. The van der Waals surface area contributed by atoms with Crippen molar-refractivity contribution in [2.75, 3.05) is 44.7 Å². The molecule has 2 aromatic carbocycles. The van der Waals surface area contributed by atoms with Gasteiger partial charge in [0.05, 0.1) is 18.8 Å². The Kier molecular flexibility index (Phi) is 6.51. The Hall–Kier alpha value is -2.93. The number of rotatable bonds is 6. The molecule has 0 spiro atoms. The van der Waals surface area contributed by atoms with Gasteiger partial charge in [0.25, 0.3) is 0 Å². The monoisotopic (exact) mass is 425 g/mol. The molecule has 0 aliphatic carbocycles. The summed E-state index contributed by atoms with van der Waals surface area (Å²) in [7, 11) is 1.63. The second-order valence-electron chi connectivity index (χ2n) is 8.01. The van der Waals surface area contributed by atoms with Crippen molar-refractivity contribution in [3.8, 4) is 5.75 Å². The number of carbonyl (C=O) groups is 2. The highest BCUT2D eigenvalue weighted by Gasteiger charge is 2.38. The number of amides is 2. The Bertz CT molecular complexity index is 926. The van der Waals surface area contributed by atoms with Crippen molar-refractivity contribution < 1.29 is 18.7 Å². The number of nitrogens with zero attached hydrogens (tertiary/aromatic N) is 3. The van der Waals surface area contributed by atoms with Crippen LogP contribution in [0.1, 0.15) is 18.4 Å². The minimum absolute atomic E-state index is 0.0515. The van der Waals surface area contributed by atoms with Gasteiger partial charge in [-0.05, 0) is 42.7 Å². The maximum atomic E-state index is 14.1. The van der Waals surface area contributed by atoms with Gasteiger partial charge in [-0.15, -0.1) is 0 Å². The van der Waals surface area contributed by atoms with Gasteiger partial charge >= 0.3 is 0 Å². The number of para-hydroxylation sites is 1. The molecular formula is C24H28FN3O3. The van der Waals surface area contributed by atoms with E-state index < -0.39 is 0 Å². The van der Waals surface area contributed by atoms with Crippen LogP contribution in [0, 0.1) is 5.82 Å². The Morgan fingerprint density at radius 3 is 2.42 bits per heavy atom. The topological polar surface area (TPSA) is 53.1 Å². The first-order valence-electron chi connectivity index (χ1n) is 10.8. The SMILES string of the molecule is COc1ccc(CCC(=O)N2CCN(C3CCN(c4ccccc4F)C3=O)CC2)cc1. The average Bonchev–Trinajstić information content (AvgIpc) is 3.19. The third kappa shape index (κ3) is 4.71. The Balaban J connectivity index is 1.27. The highest BCUT2D eigenvalue weighted by atomic mass is 19.1. The molecular weight excluding hydrogens is 397 g/mol. The lowest BCUT2D eigenvalue weighted by molar-refractivity contribution is -0.133. The molecule has 0 aromatic heterocycles. The second kappa shape index (κ2) is 9.47. The van der Waals surface area contributed by atoms with Gasteiger partial charge in [-0.3, -0.25) is 14.5 Å². The lowest BCUT2D eigenvalue weighted by atomic mass is 10.1. The molecule has 2 aliphatic rings. The van der Waals surface area contributed by atoms with Crippen LogP contribution in [0.15, 0.2) is 48.5 Å². The third-order valence-electron chi connectivity index (χ3n) is 6.21. The van der Waals surface area contributed by atoms with Crippen LogP contribution in [0.5, 0.6) is 5.75 Å². The molecule has 1 unspecified atom stereocenters.